The first-order valence-corrected chi connectivity index (χ1v) is 51.5. The first kappa shape index (κ1) is 103. The number of carbonyl (C=O) groups excluding carboxylic acids is 11. The van der Waals surface area contributed by atoms with E-state index in [0.717, 1.165) is 40.7 Å². The predicted octanol–water partition coefficient (Wildman–Crippen LogP) is 8.55. The van der Waals surface area contributed by atoms with Crippen LogP contribution in [0.3, 0.4) is 0 Å². The molecule has 19 rings (SSSR count). The normalized spacial score (nSPS) is 39.1. The van der Waals surface area contributed by atoms with Crippen molar-refractivity contribution in [2.45, 2.75) is 297 Å². The van der Waals surface area contributed by atoms with Crippen molar-refractivity contribution in [2.24, 2.45) is 109 Å². The Morgan fingerprint density at radius 3 is 1.45 bits per heavy atom. The summed E-state index contributed by atoms with van der Waals surface area (Å²) in [4.78, 5) is 174. The average Bonchev–Trinajstić information content (AvgIpc) is 1.51. The Kier molecular flexibility index (Phi) is 27.2. The van der Waals surface area contributed by atoms with Gasteiger partial charge >= 0.3 is 36.3 Å². The summed E-state index contributed by atoms with van der Waals surface area (Å²) in [5.41, 5.74) is -7.39. The number of allylic oxidation sites excluding steroid dienone is 8. The Balaban J connectivity index is 0.000000155. The molecule has 2 saturated heterocycles. The van der Waals surface area contributed by atoms with Crippen LogP contribution < -0.4 is 11.4 Å². The zero-order valence-corrected chi connectivity index (χ0v) is 83.9. The number of hydrogen-bond donors (Lipinski definition) is 6. The number of Topliss-reactive ketones (excluding diaryl/α,β-unsaturated/α-hetero) is 4. The van der Waals surface area contributed by atoms with Gasteiger partial charge < -0.3 is 62.4 Å². The van der Waals surface area contributed by atoms with Crippen LogP contribution in [0.25, 0.3) is 6.08 Å². The number of fused-ring (bicyclic) bond motifs is 5. The maximum absolute atomic E-state index is 15.8. The van der Waals surface area contributed by atoms with Gasteiger partial charge in [0.05, 0.1) is 62.6 Å². The summed E-state index contributed by atoms with van der Waals surface area (Å²) in [5, 5.41) is 79.1. The van der Waals surface area contributed by atoms with Crippen molar-refractivity contribution >= 4 is 118 Å². The summed E-state index contributed by atoms with van der Waals surface area (Å²) in [6, 6.07) is 1.76. The zero-order valence-electron chi connectivity index (χ0n) is 81.6. The van der Waals surface area contributed by atoms with Crippen molar-refractivity contribution in [3.05, 3.63) is 109 Å². The van der Waals surface area contributed by atoms with E-state index < -0.39 is 169 Å². The highest BCUT2D eigenvalue weighted by atomic mass is 35.5. The summed E-state index contributed by atoms with van der Waals surface area (Å²) in [6.07, 6.45) is 24.9. The van der Waals surface area contributed by atoms with Gasteiger partial charge in [0.1, 0.15) is 88.3 Å². The number of aliphatic hydroxyl groups is 6. The van der Waals surface area contributed by atoms with E-state index in [1.807, 2.05) is 73.6 Å². The largest absolute Gasteiger partial charge is 0.737 e. The molecular formula is C103H128BCl3F2N10O22. The quantitative estimate of drug-likeness (QED) is 0.00849. The average molecular weight is 2010 g/mol. The number of unbranched alkanes of at least 4 members (excludes halogenated alkanes) is 1. The Bertz CT molecular complexity index is 6170. The van der Waals surface area contributed by atoms with Gasteiger partial charge in [-0.15, -0.1) is 52.7 Å². The standard InChI is InChI=1S/C47H58BClF2N6O8.C29H36ClNO7.C27H34ClN3O7/c1-26-18-28(3)56-38(26)20-33-11-10-32(57(33)48(56,50)51)12-13-34(58)8-6-7-17-54-24-31(52-53-54)25-55-43(62)35-14-9-30(19-37(35)44(55)63)36-21-40(65-41(60)23-49)45(5)27(2)15-16-46(29(36)4)22-39(59)42(61)47(45,46)64;1-5-10-31-25(35)18-7-6-17(11-20(18)26(31)36)19-12-22(38-23(33)14-30)27(4)15(2)8-9-28(16(19)3)13-21(32)24(34)29(27,28)37;1-5-9-29-23(35)30-10-7-17(14-31(30)24(29)36)18-11-20(38-21(33)13-28)25(4)15(2)6-8-26(16(18)3)12-19(32)22(34)27(25,26)37/h9-11,18,20,24,27,29,35-37,39-40,59,64H,6-8,12-17,19,21-23,25H2,1-5H3;1,6,15-16,18-22,32,37H,7-14H2,2-4H3;1,7,15-16,18-20,32,37H,6,8-14H2,2-4H3/t27-,29+,35?,36-,37?,39+,40-,45+,46+,47-;15-,16+,18?,19-,20?,21+,22-,27+,28+,29-;15-,16+,18-,19+,20-,25+,26+,27-/m111/s1. The number of aryl methyl sites for hydroxylation is 3. The highest BCUT2D eigenvalue weighted by Crippen LogP contribution is 2.75. The van der Waals surface area contributed by atoms with Crippen LogP contribution in [0.5, 0.6) is 0 Å². The second-order valence-corrected chi connectivity index (χ2v) is 45.0. The van der Waals surface area contributed by atoms with Gasteiger partial charge in [-0.25, -0.2) is 23.5 Å². The smallest absolute Gasteiger partial charge is 0.461 e. The van der Waals surface area contributed by atoms with Crippen molar-refractivity contribution < 1.29 is 111 Å². The van der Waals surface area contributed by atoms with Crippen LogP contribution in [0, 0.1) is 148 Å². The minimum Gasteiger partial charge on any atom is -0.461 e. The third kappa shape index (κ3) is 15.1. The number of imide groups is 2. The van der Waals surface area contributed by atoms with Crippen molar-refractivity contribution in [2.75, 3.05) is 24.2 Å². The number of aliphatic hydroxyl groups excluding tert-OH is 3. The molecule has 11 aliphatic carbocycles. The van der Waals surface area contributed by atoms with Crippen LogP contribution in [-0.4, -0.2) is 233 Å². The Morgan fingerprint density at radius 2 is 1.00 bits per heavy atom. The number of aromatic nitrogens is 7. The van der Waals surface area contributed by atoms with Crippen LogP contribution in [0.2, 0.25) is 0 Å². The van der Waals surface area contributed by atoms with E-state index in [1.165, 1.54) is 14.3 Å². The third-order valence-electron chi connectivity index (χ3n) is 38.8. The van der Waals surface area contributed by atoms with Gasteiger partial charge in [0.2, 0.25) is 23.6 Å². The van der Waals surface area contributed by atoms with Gasteiger partial charge in [0.25, 0.3) is 0 Å². The van der Waals surface area contributed by atoms with E-state index in [2.05, 4.69) is 22.2 Å². The molecule has 32 nitrogen and oxygen atoms in total. The second-order valence-electron chi connectivity index (χ2n) is 44.2. The topological polar surface area (TPSA) is 431 Å². The molecule has 0 aromatic carbocycles. The lowest BCUT2D eigenvalue weighted by Gasteiger charge is -2.60. The molecule has 16 aliphatic rings. The molecule has 0 radical (unpaired) electrons. The summed E-state index contributed by atoms with van der Waals surface area (Å²) in [6.45, 7) is 17.1. The molecule has 9 saturated carbocycles. The van der Waals surface area contributed by atoms with Crippen LogP contribution in [0.4, 0.5) is 8.63 Å². The van der Waals surface area contributed by atoms with Crippen LogP contribution in [-0.2, 0) is 99.7 Å². The maximum Gasteiger partial charge on any atom is 0.737 e. The molecule has 4 unspecified atom stereocenters. The van der Waals surface area contributed by atoms with E-state index in [0.29, 0.717) is 119 Å². The fourth-order valence-corrected chi connectivity index (χ4v) is 31.0. The lowest BCUT2D eigenvalue weighted by molar-refractivity contribution is -0.362. The molecule has 760 valence electrons. The van der Waals surface area contributed by atoms with Gasteiger partial charge in [0.15, 0.2) is 23.0 Å². The minimum atomic E-state index is -4.08. The molecule has 3 aromatic rings. The number of likely N-dealkylation sites (tertiary alicyclic amines) is 2. The Hall–Kier alpha value is -9.43. The van der Waals surface area contributed by atoms with Crippen LogP contribution in [0.15, 0.2) is 74.6 Å². The number of carbonyl (C=O) groups is 11. The highest BCUT2D eigenvalue weighted by molar-refractivity contribution is 6.58. The molecule has 11 fully saturated rings. The molecule has 0 spiro atoms. The van der Waals surface area contributed by atoms with Gasteiger partial charge in [-0.05, 0) is 206 Å². The number of nitrogens with zero attached hydrogens (tertiary/aromatic N) is 10. The van der Waals surface area contributed by atoms with E-state index in [-0.39, 0.29) is 179 Å². The van der Waals surface area contributed by atoms with Crippen molar-refractivity contribution in [3.8, 4) is 24.7 Å². The molecule has 5 aliphatic heterocycles. The number of halogens is 5. The number of rotatable bonds is 21. The van der Waals surface area contributed by atoms with Crippen LogP contribution >= 0.6 is 34.8 Å². The van der Waals surface area contributed by atoms with Gasteiger partial charge in [-0.1, -0.05) is 109 Å². The number of esters is 3. The fraction of sp³-hybridized carbons (Fsp3) is 0.670. The Labute approximate surface area is 831 Å². The number of amides is 4. The lowest BCUT2D eigenvalue weighted by Crippen LogP contribution is -2.69. The molecule has 6 bridgehead atoms. The molecule has 3 aromatic heterocycles. The number of alkyl halides is 3. The molecule has 8 heterocycles. The number of terminal acetylenes is 2. The van der Waals surface area contributed by atoms with Gasteiger partial charge in [-0.2, -0.15) is 0 Å². The van der Waals surface area contributed by atoms with E-state index in [1.54, 1.807) is 55.9 Å². The highest BCUT2D eigenvalue weighted by Gasteiger charge is 2.83. The summed E-state index contributed by atoms with van der Waals surface area (Å²) >= 11 is 17.6. The Morgan fingerprint density at radius 1 is 0.567 bits per heavy atom. The molecule has 38 heteroatoms. The number of ether oxygens (including phenoxy) is 3. The fourth-order valence-electron chi connectivity index (χ4n) is 30.8. The number of hydrogen-bond acceptors (Lipinski definition) is 24. The summed E-state index contributed by atoms with van der Waals surface area (Å²) in [5.74, 6) is -5.94. The van der Waals surface area contributed by atoms with Crippen molar-refractivity contribution in [1.82, 2.24) is 43.2 Å². The van der Waals surface area contributed by atoms with E-state index in [4.69, 9.17) is 61.9 Å². The van der Waals surface area contributed by atoms with E-state index in [9.17, 15) is 93.0 Å². The molecule has 6 N–H and O–H groups in total. The van der Waals surface area contributed by atoms with Crippen molar-refractivity contribution in [1.29, 1.82) is 0 Å². The lowest BCUT2D eigenvalue weighted by atomic mass is 9.46. The van der Waals surface area contributed by atoms with Crippen LogP contribution in [0.1, 0.15) is 220 Å². The monoisotopic (exact) mass is 2010 g/mol. The molecular weight excluding hydrogens is 1880 g/mol. The summed E-state index contributed by atoms with van der Waals surface area (Å²) < 4.78 is 56.9. The second kappa shape index (κ2) is 37.3. The SMILES string of the molecule is C#CCN1C(=O)C2CC=C([C@@H]3C[C@@H](OC(=O)CCl)[C@]4(C)[C@H](C)CC[C@]5(C[C@H](O)C(=O)[C@]54O)[C@H]3C)CC2C1=O.C#CCn1c(=O)n2n(c1=O)CC([C@@H]1C[C@@H](OC(=O)CCl)[C@]3(C)[C@H](C)CC[C@]4(C[C@H](O)C(=O)[C@]43O)[C@H]1C)=CC2.Cc1cc(C)n2c1C=C1C=CC(CCC(=O)CCCCn3cc(CN4C(=O)C5CC=C([C@@H]6C[C@@H](OC(=O)CCl)[C@]7(C)[C@H](C)CC[C@]8(C[C@H](O)C(=O)[C@]87O)[C@H]6C)CC5C4=O)nn3)=[N+]1[B-]2(F)F. The van der Waals surface area contributed by atoms with Crippen molar-refractivity contribution in [3.63, 3.8) is 0 Å². The molecule has 141 heavy (non-hydrogen) atoms. The molecule has 28 atom stereocenters. The maximum atomic E-state index is 15.8. The number of ketones is 4. The first-order valence-electron chi connectivity index (χ1n) is 49.9. The first-order chi connectivity index (χ1) is 66.5. The molecule has 4 amide bonds. The predicted molar refractivity (Wildman–Crippen MR) is 510 cm³/mol. The zero-order chi connectivity index (χ0) is 102. The third-order valence-corrected chi connectivity index (χ3v) is 39.5. The minimum absolute atomic E-state index is 0.0161. The summed E-state index contributed by atoms with van der Waals surface area (Å²) in [7, 11) is 0. The van der Waals surface area contributed by atoms with Gasteiger partial charge in [0, 0.05) is 82.2 Å². The van der Waals surface area contributed by atoms with E-state index >= 15 is 8.63 Å². The van der Waals surface area contributed by atoms with Gasteiger partial charge in [-0.3, -0.25) is 67.2 Å².